The van der Waals surface area contributed by atoms with Crippen molar-refractivity contribution in [2.24, 2.45) is 0 Å². The van der Waals surface area contributed by atoms with Gasteiger partial charge in [-0.05, 0) is 43.7 Å². The molecule has 128 valence electrons. The molecule has 0 aliphatic carbocycles. The summed E-state index contributed by atoms with van der Waals surface area (Å²) in [5.74, 6) is 0.123. The van der Waals surface area contributed by atoms with Crippen molar-refractivity contribution in [3.8, 4) is 0 Å². The number of aliphatic hydroxyl groups excluding tert-OH is 1. The summed E-state index contributed by atoms with van der Waals surface area (Å²) in [6.07, 6.45) is 0.0731. The molecule has 4 nitrogen and oxygen atoms in total. The van der Waals surface area contributed by atoms with E-state index in [0.717, 1.165) is 24.0 Å². The van der Waals surface area contributed by atoms with Gasteiger partial charge in [0.15, 0.2) is 0 Å². The maximum absolute atomic E-state index is 14.0. The van der Waals surface area contributed by atoms with Gasteiger partial charge >= 0.3 is 0 Å². The Hall–Kier alpha value is -2.21. The van der Waals surface area contributed by atoms with Crippen molar-refractivity contribution in [1.29, 1.82) is 0 Å². The summed E-state index contributed by atoms with van der Waals surface area (Å²) in [5.41, 5.74) is 0.105. The SMILES string of the molecule is Cc1ccc(CCC(=O)N2CC(O)CC2c2cc(F)ccc2F)o1. The van der Waals surface area contributed by atoms with Crippen LogP contribution in [0, 0.1) is 18.6 Å². The van der Waals surface area contributed by atoms with Crippen molar-refractivity contribution in [1.82, 2.24) is 4.90 Å². The van der Waals surface area contributed by atoms with E-state index < -0.39 is 23.8 Å². The summed E-state index contributed by atoms with van der Waals surface area (Å²) in [5, 5.41) is 9.90. The van der Waals surface area contributed by atoms with E-state index in [-0.39, 0.29) is 30.9 Å². The van der Waals surface area contributed by atoms with Crippen LogP contribution < -0.4 is 0 Å². The zero-order valence-electron chi connectivity index (χ0n) is 13.3. The van der Waals surface area contributed by atoms with E-state index in [1.165, 1.54) is 4.90 Å². The van der Waals surface area contributed by atoms with Crippen molar-refractivity contribution in [3.63, 3.8) is 0 Å². The highest BCUT2D eigenvalue weighted by Crippen LogP contribution is 2.34. The number of aryl methyl sites for hydroxylation is 2. The number of amides is 1. The lowest BCUT2D eigenvalue weighted by Gasteiger charge is -2.25. The molecule has 1 fully saturated rings. The van der Waals surface area contributed by atoms with Crippen LogP contribution in [0.3, 0.4) is 0 Å². The maximum atomic E-state index is 14.0. The van der Waals surface area contributed by atoms with E-state index >= 15 is 0 Å². The van der Waals surface area contributed by atoms with Gasteiger partial charge in [0.2, 0.25) is 5.91 Å². The van der Waals surface area contributed by atoms with Gasteiger partial charge in [0.25, 0.3) is 0 Å². The monoisotopic (exact) mass is 335 g/mol. The topological polar surface area (TPSA) is 53.7 Å². The first-order valence-electron chi connectivity index (χ1n) is 7.92. The number of carbonyl (C=O) groups excluding carboxylic acids is 1. The summed E-state index contributed by atoms with van der Waals surface area (Å²) in [7, 11) is 0. The van der Waals surface area contributed by atoms with Crippen LogP contribution in [0.25, 0.3) is 0 Å². The van der Waals surface area contributed by atoms with Crippen LogP contribution >= 0.6 is 0 Å². The highest BCUT2D eigenvalue weighted by molar-refractivity contribution is 5.77. The third-order valence-corrected chi connectivity index (χ3v) is 4.30. The zero-order valence-corrected chi connectivity index (χ0v) is 13.3. The molecule has 24 heavy (non-hydrogen) atoms. The minimum Gasteiger partial charge on any atom is -0.466 e. The number of nitrogens with zero attached hydrogens (tertiary/aromatic N) is 1. The first-order chi connectivity index (χ1) is 11.4. The number of benzene rings is 1. The van der Waals surface area contributed by atoms with Crippen molar-refractivity contribution >= 4 is 5.91 Å². The predicted molar refractivity (Wildman–Crippen MR) is 83.2 cm³/mol. The van der Waals surface area contributed by atoms with Gasteiger partial charge in [-0.1, -0.05) is 0 Å². The molecule has 0 saturated carbocycles. The second-order valence-corrected chi connectivity index (χ2v) is 6.13. The highest BCUT2D eigenvalue weighted by atomic mass is 19.1. The third kappa shape index (κ3) is 3.48. The lowest BCUT2D eigenvalue weighted by Crippen LogP contribution is -2.32. The van der Waals surface area contributed by atoms with E-state index in [1.54, 1.807) is 0 Å². The molecule has 0 bridgehead atoms. The minimum absolute atomic E-state index is 0.105. The van der Waals surface area contributed by atoms with Gasteiger partial charge < -0.3 is 14.4 Å². The molecule has 1 N–H and O–H groups in total. The van der Waals surface area contributed by atoms with Gasteiger partial charge in [-0.2, -0.15) is 0 Å². The number of aliphatic hydroxyl groups is 1. The molecule has 1 aliphatic rings. The normalized spacial score (nSPS) is 20.6. The number of β-amino-alcohol motifs (C(OH)–C–C–N with tert-alkyl or cyclic N) is 1. The van der Waals surface area contributed by atoms with Crippen molar-refractivity contribution in [3.05, 3.63) is 59.1 Å². The summed E-state index contributed by atoms with van der Waals surface area (Å²) in [6, 6.07) is 6.16. The summed E-state index contributed by atoms with van der Waals surface area (Å²) in [4.78, 5) is 13.9. The molecule has 0 spiro atoms. The molecule has 6 heteroatoms. The van der Waals surface area contributed by atoms with E-state index in [1.807, 2.05) is 19.1 Å². The summed E-state index contributed by atoms with van der Waals surface area (Å²) < 4.78 is 32.9. The average Bonchev–Trinajstić information content (AvgIpc) is 3.13. The van der Waals surface area contributed by atoms with E-state index in [0.29, 0.717) is 12.2 Å². The molecular formula is C18H19F2NO3. The van der Waals surface area contributed by atoms with Crippen molar-refractivity contribution in [2.45, 2.75) is 38.3 Å². The maximum Gasteiger partial charge on any atom is 0.223 e. The van der Waals surface area contributed by atoms with Crippen LogP contribution in [0.4, 0.5) is 8.78 Å². The molecule has 1 aliphatic heterocycles. The fourth-order valence-corrected chi connectivity index (χ4v) is 3.15. The lowest BCUT2D eigenvalue weighted by molar-refractivity contribution is -0.132. The van der Waals surface area contributed by atoms with E-state index in [4.69, 9.17) is 4.42 Å². The molecule has 2 unspecified atom stereocenters. The molecule has 1 aromatic carbocycles. The second-order valence-electron chi connectivity index (χ2n) is 6.13. The molecule has 2 heterocycles. The number of carbonyl (C=O) groups is 1. The molecule has 1 saturated heterocycles. The van der Waals surface area contributed by atoms with E-state index in [9.17, 15) is 18.7 Å². The lowest BCUT2D eigenvalue weighted by atomic mass is 10.0. The average molecular weight is 335 g/mol. The minimum atomic E-state index is -0.743. The van der Waals surface area contributed by atoms with Crippen LogP contribution in [0.2, 0.25) is 0 Å². The van der Waals surface area contributed by atoms with Crippen molar-refractivity contribution in [2.75, 3.05) is 6.54 Å². The van der Waals surface area contributed by atoms with Gasteiger partial charge in [0.1, 0.15) is 23.2 Å². The smallest absolute Gasteiger partial charge is 0.223 e. The number of rotatable bonds is 4. The van der Waals surface area contributed by atoms with Gasteiger partial charge in [-0.3, -0.25) is 4.79 Å². The largest absolute Gasteiger partial charge is 0.466 e. The second kappa shape index (κ2) is 6.73. The molecule has 3 rings (SSSR count). The molecule has 2 aromatic rings. The van der Waals surface area contributed by atoms with Crippen LogP contribution in [0.15, 0.2) is 34.7 Å². The van der Waals surface area contributed by atoms with Gasteiger partial charge in [-0.15, -0.1) is 0 Å². The van der Waals surface area contributed by atoms with Crippen LogP contribution in [-0.4, -0.2) is 28.6 Å². The Morgan fingerprint density at radius 1 is 1.33 bits per heavy atom. The van der Waals surface area contributed by atoms with Gasteiger partial charge in [-0.25, -0.2) is 8.78 Å². The Morgan fingerprint density at radius 3 is 2.83 bits per heavy atom. The summed E-state index contributed by atoms with van der Waals surface area (Å²) in [6.45, 7) is 1.95. The molecule has 1 aromatic heterocycles. The Balaban J connectivity index is 1.74. The summed E-state index contributed by atoms with van der Waals surface area (Å²) >= 11 is 0. The third-order valence-electron chi connectivity index (χ3n) is 4.30. The number of hydrogen-bond acceptors (Lipinski definition) is 3. The fourth-order valence-electron chi connectivity index (χ4n) is 3.15. The zero-order chi connectivity index (χ0) is 17.3. The number of likely N-dealkylation sites (tertiary alicyclic amines) is 1. The molecule has 0 radical (unpaired) electrons. The predicted octanol–water partition coefficient (Wildman–Crippen LogP) is 3.13. The number of furan rings is 1. The Kier molecular flexibility index (Phi) is 4.66. The Morgan fingerprint density at radius 2 is 2.12 bits per heavy atom. The number of halogens is 2. The van der Waals surface area contributed by atoms with Crippen LogP contribution in [-0.2, 0) is 11.2 Å². The van der Waals surface area contributed by atoms with Gasteiger partial charge in [0.05, 0.1) is 12.1 Å². The Labute approximate surface area is 138 Å². The molecular weight excluding hydrogens is 316 g/mol. The standard InChI is InChI=1S/C18H19F2NO3/c1-11-2-4-14(24-11)5-7-18(23)21-10-13(22)9-17(21)15-8-12(19)3-6-16(15)20/h2-4,6,8,13,17,22H,5,7,9-10H2,1H3. The Bertz CT molecular complexity index is 744. The van der Waals surface area contributed by atoms with Crippen LogP contribution in [0.1, 0.15) is 36.0 Å². The molecule has 2 atom stereocenters. The first kappa shape index (κ1) is 16.6. The first-order valence-corrected chi connectivity index (χ1v) is 7.92. The molecule has 1 amide bonds. The fraction of sp³-hybridized carbons (Fsp3) is 0.389. The highest BCUT2D eigenvalue weighted by Gasteiger charge is 2.36. The van der Waals surface area contributed by atoms with E-state index in [2.05, 4.69) is 0 Å². The quantitative estimate of drug-likeness (QED) is 0.934. The number of hydrogen-bond donors (Lipinski definition) is 1. The van der Waals surface area contributed by atoms with Gasteiger partial charge in [0, 0.05) is 24.9 Å². The van der Waals surface area contributed by atoms with Crippen molar-refractivity contribution < 1.29 is 23.1 Å². The van der Waals surface area contributed by atoms with Crippen LogP contribution in [0.5, 0.6) is 0 Å².